The number of carbonyl (C=O) groups excluding carboxylic acids is 1. The number of hydrogen-bond donors (Lipinski definition) is 2. The van der Waals surface area contributed by atoms with E-state index in [-0.39, 0.29) is 23.2 Å². The molecule has 0 unspecified atom stereocenters. The third-order valence-electron chi connectivity index (χ3n) is 3.91. The van der Waals surface area contributed by atoms with Crippen molar-refractivity contribution in [3.05, 3.63) is 52.5 Å². The van der Waals surface area contributed by atoms with Crippen molar-refractivity contribution in [3.63, 3.8) is 0 Å². The van der Waals surface area contributed by atoms with Crippen molar-refractivity contribution in [2.45, 2.75) is 24.4 Å². The van der Waals surface area contributed by atoms with Gasteiger partial charge in [-0.2, -0.15) is 39.5 Å². The van der Waals surface area contributed by atoms with Crippen molar-refractivity contribution in [3.8, 4) is 11.5 Å². The quantitative estimate of drug-likeness (QED) is 0.490. The smallest absolute Gasteiger partial charge is 0.424 e. The first-order valence-electron chi connectivity index (χ1n) is 8.13. The van der Waals surface area contributed by atoms with E-state index in [1.807, 2.05) is 0 Å². The van der Waals surface area contributed by atoms with Crippen LogP contribution in [0.3, 0.4) is 0 Å². The van der Waals surface area contributed by atoms with E-state index in [0.29, 0.717) is 0 Å². The summed E-state index contributed by atoms with van der Waals surface area (Å²) in [5, 5.41) is 2.69. The predicted molar refractivity (Wildman–Crippen MR) is 90.1 cm³/mol. The highest BCUT2D eigenvalue weighted by Crippen LogP contribution is 2.46. The molecule has 2 N–H and O–H groups in total. The largest absolute Gasteiger partial charge is 0.492 e. The van der Waals surface area contributed by atoms with Crippen LogP contribution >= 0.6 is 11.6 Å². The van der Waals surface area contributed by atoms with Crippen LogP contribution in [0.1, 0.15) is 11.1 Å². The summed E-state index contributed by atoms with van der Waals surface area (Å²) in [6.45, 7) is 0. The van der Waals surface area contributed by atoms with Gasteiger partial charge in [0, 0.05) is 16.8 Å². The van der Waals surface area contributed by atoms with Gasteiger partial charge in [0.05, 0.1) is 11.1 Å². The minimum Gasteiger partial charge on any atom is -0.424 e. The van der Waals surface area contributed by atoms with Gasteiger partial charge in [-0.25, -0.2) is 4.79 Å². The third-order valence-corrected chi connectivity index (χ3v) is 4.15. The molecular formula is C17H8ClF9N2O3. The van der Waals surface area contributed by atoms with Crippen LogP contribution in [0.5, 0.6) is 11.5 Å². The maximum Gasteiger partial charge on any atom is 0.492 e. The molecule has 32 heavy (non-hydrogen) atoms. The van der Waals surface area contributed by atoms with Gasteiger partial charge in [0.1, 0.15) is 0 Å². The highest BCUT2D eigenvalue weighted by atomic mass is 35.5. The molecule has 15 heteroatoms. The Hall–Kier alpha value is -3.03. The number of hydrogen-bond acceptors (Lipinski definition) is 3. The molecule has 5 nitrogen and oxygen atoms in total. The lowest BCUT2D eigenvalue weighted by Crippen LogP contribution is -2.65. The molecule has 2 aromatic rings. The number of benzene rings is 2. The molecule has 0 aromatic heterocycles. The third kappa shape index (κ3) is 4.74. The number of fused-ring (bicyclic) bond motifs is 1. The summed E-state index contributed by atoms with van der Waals surface area (Å²) >= 11 is 5.65. The van der Waals surface area contributed by atoms with Crippen LogP contribution in [-0.2, 0) is 12.4 Å². The van der Waals surface area contributed by atoms with Gasteiger partial charge in [-0.1, -0.05) is 11.6 Å². The Morgan fingerprint density at radius 1 is 0.812 bits per heavy atom. The number of halogens is 10. The van der Waals surface area contributed by atoms with Gasteiger partial charge in [0.25, 0.3) is 0 Å². The fourth-order valence-corrected chi connectivity index (χ4v) is 2.72. The first-order valence-corrected chi connectivity index (χ1v) is 8.51. The van der Waals surface area contributed by atoms with Crippen LogP contribution in [0.2, 0.25) is 5.02 Å². The van der Waals surface area contributed by atoms with Crippen molar-refractivity contribution < 1.29 is 53.8 Å². The second-order valence-electron chi connectivity index (χ2n) is 6.28. The molecule has 2 aromatic carbocycles. The predicted octanol–water partition coefficient (Wildman–Crippen LogP) is 6.19. The van der Waals surface area contributed by atoms with Gasteiger partial charge in [-0.3, -0.25) is 5.32 Å². The zero-order chi connectivity index (χ0) is 24.1. The Morgan fingerprint density at radius 3 is 1.84 bits per heavy atom. The van der Waals surface area contributed by atoms with E-state index < -0.39 is 58.8 Å². The van der Waals surface area contributed by atoms with E-state index in [4.69, 9.17) is 11.6 Å². The lowest BCUT2D eigenvalue weighted by atomic mass is 10.1. The molecule has 0 saturated carbocycles. The monoisotopic (exact) mass is 494 g/mol. The second kappa shape index (κ2) is 7.53. The molecule has 0 bridgehead atoms. The molecule has 174 valence electrons. The summed E-state index contributed by atoms with van der Waals surface area (Å²) < 4.78 is 128. The van der Waals surface area contributed by atoms with E-state index in [1.165, 1.54) is 10.6 Å². The maximum atomic E-state index is 13.6. The molecule has 1 atom stereocenters. The molecule has 1 aliphatic rings. The SMILES string of the molecule is O=C(Nc1cc(C(F)(F)F)cc(C(F)(F)F)c1)N[C@@]1(C(F)(F)F)Oc2ccc(Cl)cc2O1. The Morgan fingerprint density at radius 2 is 1.34 bits per heavy atom. The zero-order valence-electron chi connectivity index (χ0n) is 15.0. The highest BCUT2D eigenvalue weighted by Gasteiger charge is 2.65. The molecule has 0 spiro atoms. The van der Waals surface area contributed by atoms with E-state index >= 15 is 0 Å². The van der Waals surface area contributed by atoms with Gasteiger partial charge >= 0.3 is 30.5 Å². The standard InChI is InChI=1S/C17H8ClF9N2O3/c18-9-1-2-11-12(6-9)32-17(31-11,16(25,26)27)29-13(30)28-10-4-7(14(19,20)21)3-8(5-10)15(22,23)24/h1-6H,(H2,28,29,30)/t17-/m0/s1. The van der Waals surface area contributed by atoms with Crippen LogP contribution in [-0.4, -0.2) is 18.1 Å². The van der Waals surface area contributed by atoms with E-state index in [1.54, 1.807) is 0 Å². The van der Waals surface area contributed by atoms with Crippen LogP contribution < -0.4 is 20.1 Å². The Kier molecular flexibility index (Phi) is 5.56. The molecular weight excluding hydrogens is 487 g/mol. The Bertz CT molecular complexity index is 1020. The van der Waals surface area contributed by atoms with Crippen LogP contribution in [0, 0.1) is 0 Å². The van der Waals surface area contributed by atoms with Crippen molar-refractivity contribution in [1.29, 1.82) is 0 Å². The van der Waals surface area contributed by atoms with Crippen LogP contribution in [0.15, 0.2) is 36.4 Å². The van der Waals surface area contributed by atoms with Crippen molar-refractivity contribution in [2.75, 3.05) is 5.32 Å². The average Bonchev–Trinajstić information content (AvgIpc) is 2.98. The molecule has 2 amide bonds. The number of nitrogens with one attached hydrogen (secondary N) is 2. The minimum atomic E-state index is -5.43. The first kappa shape index (κ1) is 23.6. The molecule has 0 fully saturated rings. The van der Waals surface area contributed by atoms with Gasteiger partial charge in [0.2, 0.25) is 0 Å². The Labute approximate surface area is 177 Å². The molecule has 3 rings (SSSR count). The minimum absolute atomic E-state index is 0.0431. The number of ether oxygens (including phenoxy) is 2. The number of alkyl halides is 9. The summed E-state index contributed by atoms with van der Waals surface area (Å²) in [7, 11) is 0. The lowest BCUT2D eigenvalue weighted by Gasteiger charge is -2.29. The summed E-state index contributed by atoms with van der Waals surface area (Å²) in [6, 6.07) is 1.22. The first-order chi connectivity index (χ1) is 14.5. The maximum absolute atomic E-state index is 13.6. The average molecular weight is 495 g/mol. The molecule has 1 aliphatic heterocycles. The van der Waals surface area contributed by atoms with E-state index in [0.717, 1.165) is 18.2 Å². The zero-order valence-corrected chi connectivity index (χ0v) is 15.7. The molecule has 0 radical (unpaired) electrons. The summed E-state index contributed by atoms with van der Waals surface area (Å²) in [4.78, 5) is 12.1. The Balaban J connectivity index is 1.90. The fourth-order valence-electron chi connectivity index (χ4n) is 2.55. The summed E-state index contributed by atoms with van der Waals surface area (Å²) in [5.41, 5.74) is -4.66. The van der Waals surface area contributed by atoms with Gasteiger partial charge in [-0.15, -0.1) is 0 Å². The molecule has 0 saturated heterocycles. The summed E-state index contributed by atoms with van der Waals surface area (Å²) in [6.07, 6.45) is -15.9. The number of anilines is 1. The van der Waals surface area contributed by atoms with Gasteiger partial charge in [0.15, 0.2) is 11.5 Å². The van der Waals surface area contributed by atoms with Crippen LogP contribution in [0.4, 0.5) is 50.0 Å². The van der Waals surface area contributed by atoms with Crippen molar-refractivity contribution >= 4 is 23.3 Å². The number of carbonyl (C=O) groups is 1. The number of amides is 2. The normalized spacial score (nSPS) is 18.4. The summed E-state index contributed by atoms with van der Waals surface area (Å²) in [5.74, 6) is -4.82. The van der Waals surface area contributed by atoms with Gasteiger partial charge in [-0.05, 0) is 30.3 Å². The topological polar surface area (TPSA) is 59.6 Å². The van der Waals surface area contributed by atoms with E-state index in [9.17, 15) is 44.3 Å². The van der Waals surface area contributed by atoms with Crippen molar-refractivity contribution in [1.82, 2.24) is 5.32 Å². The molecule has 0 aliphatic carbocycles. The number of rotatable bonds is 2. The molecule has 1 heterocycles. The van der Waals surface area contributed by atoms with E-state index in [2.05, 4.69) is 9.47 Å². The number of urea groups is 1. The lowest BCUT2D eigenvalue weighted by molar-refractivity contribution is -0.317. The van der Waals surface area contributed by atoms with Crippen molar-refractivity contribution in [2.24, 2.45) is 0 Å². The van der Waals surface area contributed by atoms with Crippen LogP contribution in [0.25, 0.3) is 0 Å². The van der Waals surface area contributed by atoms with Gasteiger partial charge < -0.3 is 14.8 Å². The second-order valence-corrected chi connectivity index (χ2v) is 6.72. The highest BCUT2D eigenvalue weighted by molar-refractivity contribution is 6.30. The fraction of sp³-hybridized carbons (Fsp3) is 0.235.